The molecule has 0 aliphatic rings. The monoisotopic (exact) mass is 245 g/mol. The minimum atomic E-state index is -0.588. The fraction of sp³-hybridized carbons (Fsp3) is 0.818. The summed E-state index contributed by atoms with van der Waals surface area (Å²) in [7, 11) is 0. The predicted octanol–water partition coefficient (Wildman–Crippen LogP) is 0.366. The number of alkyl carbamates (subject to hydrolysis) is 1. The van der Waals surface area contributed by atoms with E-state index in [1.54, 1.807) is 20.8 Å². The predicted molar refractivity (Wildman–Crippen MR) is 65.5 cm³/mol. The van der Waals surface area contributed by atoms with Crippen molar-refractivity contribution in [3.05, 3.63) is 0 Å². The molecule has 0 unspecified atom stereocenters. The number of rotatable bonds is 6. The van der Waals surface area contributed by atoms with Crippen molar-refractivity contribution >= 4 is 12.0 Å². The maximum absolute atomic E-state index is 11.3. The number of hydrogen-bond donors (Lipinski definition) is 3. The van der Waals surface area contributed by atoms with Crippen LogP contribution < -0.4 is 16.4 Å². The molecule has 0 heterocycles. The second-order valence-electron chi connectivity index (χ2n) is 4.70. The van der Waals surface area contributed by atoms with Gasteiger partial charge in [-0.15, -0.1) is 0 Å². The van der Waals surface area contributed by atoms with E-state index in [-0.39, 0.29) is 12.5 Å². The number of carbonyl (C=O) groups is 2. The Morgan fingerprint density at radius 1 is 1.18 bits per heavy atom. The molecule has 0 aromatic carbocycles. The van der Waals surface area contributed by atoms with E-state index >= 15 is 0 Å². The van der Waals surface area contributed by atoms with E-state index in [9.17, 15) is 9.59 Å². The number of nitrogens with two attached hydrogens (primary N) is 1. The van der Waals surface area contributed by atoms with Crippen LogP contribution in [-0.2, 0) is 9.53 Å². The van der Waals surface area contributed by atoms with Crippen LogP contribution in [0, 0.1) is 0 Å². The molecule has 0 spiro atoms. The average Bonchev–Trinajstić information content (AvgIpc) is 2.19. The highest BCUT2D eigenvalue weighted by Crippen LogP contribution is 2.05. The van der Waals surface area contributed by atoms with Gasteiger partial charge in [-0.25, -0.2) is 4.79 Å². The van der Waals surface area contributed by atoms with Crippen LogP contribution in [0.1, 0.15) is 33.6 Å². The normalized spacial score (nSPS) is 10.8. The first-order valence-electron chi connectivity index (χ1n) is 5.79. The zero-order chi connectivity index (χ0) is 13.3. The van der Waals surface area contributed by atoms with E-state index in [4.69, 9.17) is 10.5 Å². The summed E-state index contributed by atoms with van der Waals surface area (Å²) in [6, 6.07) is 0. The smallest absolute Gasteiger partial charge is 0.408 e. The zero-order valence-corrected chi connectivity index (χ0v) is 10.8. The maximum Gasteiger partial charge on any atom is 0.408 e. The molecule has 0 saturated heterocycles. The van der Waals surface area contributed by atoms with Crippen molar-refractivity contribution in [1.82, 2.24) is 10.6 Å². The number of hydrogen-bond acceptors (Lipinski definition) is 4. The summed E-state index contributed by atoms with van der Waals surface area (Å²) >= 11 is 0. The lowest BCUT2D eigenvalue weighted by molar-refractivity contribution is -0.120. The van der Waals surface area contributed by atoms with Gasteiger partial charge in [0.25, 0.3) is 0 Å². The van der Waals surface area contributed by atoms with Crippen LogP contribution in [0.4, 0.5) is 4.79 Å². The van der Waals surface area contributed by atoms with Gasteiger partial charge in [0.15, 0.2) is 0 Å². The minimum absolute atomic E-state index is 0.0719. The maximum atomic E-state index is 11.3. The van der Waals surface area contributed by atoms with Gasteiger partial charge in [0, 0.05) is 6.54 Å². The molecule has 0 aliphatic heterocycles. The second-order valence-corrected chi connectivity index (χ2v) is 4.70. The van der Waals surface area contributed by atoms with Crippen LogP contribution in [0.25, 0.3) is 0 Å². The summed E-state index contributed by atoms with van der Waals surface area (Å²) in [5, 5.41) is 5.05. The summed E-state index contributed by atoms with van der Waals surface area (Å²) in [4.78, 5) is 22.5. The lowest BCUT2D eigenvalue weighted by Crippen LogP contribution is -2.40. The molecule has 0 saturated carbocycles. The van der Waals surface area contributed by atoms with Gasteiger partial charge in [-0.1, -0.05) is 0 Å². The Bertz CT molecular complexity index is 249. The quantitative estimate of drug-likeness (QED) is 0.589. The van der Waals surface area contributed by atoms with Gasteiger partial charge in [0.1, 0.15) is 5.60 Å². The van der Waals surface area contributed by atoms with E-state index in [1.807, 2.05) is 0 Å². The molecular weight excluding hydrogens is 222 g/mol. The lowest BCUT2D eigenvalue weighted by Gasteiger charge is -2.19. The molecule has 6 heteroatoms. The Morgan fingerprint density at radius 2 is 1.82 bits per heavy atom. The minimum Gasteiger partial charge on any atom is -0.444 e. The zero-order valence-electron chi connectivity index (χ0n) is 10.8. The Hall–Kier alpha value is -1.30. The first-order chi connectivity index (χ1) is 7.85. The van der Waals surface area contributed by atoms with Crippen molar-refractivity contribution in [2.75, 3.05) is 19.6 Å². The first kappa shape index (κ1) is 15.7. The standard InChI is InChI=1S/C11H23N3O3/c1-11(2,3)17-10(16)14-8-9(15)13-7-5-4-6-12/h4-8,12H2,1-3H3,(H,13,15)(H,14,16). The number of amides is 2. The van der Waals surface area contributed by atoms with E-state index in [0.29, 0.717) is 13.1 Å². The molecule has 0 atom stereocenters. The van der Waals surface area contributed by atoms with Crippen molar-refractivity contribution in [3.63, 3.8) is 0 Å². The summed E-state index contributed by atoms with van der Waals surface area (Å²) < 4.78 is 4.98. The molecule has 100 valence electrons. The molecule has 17 heavy (non-hydrogen) atoms. The van der Waals surface area contributed by atoms with Crippen molar-refractivity contribution in [2.45, 2.75) is 39.2 Å². The topological polar surface area (TPSA) is 93.4 Å². The van der Waals surface area contributed by atoms with Crippen molar-refractivity contribution < 1.29 is 14.3 Å². The van der Waals surface area contributed by atoms with Gasteiger partial charge in [0.2, 0.25) is 5.91 Å². The van der Waals surface area contributed by atoms with Crippen LogP contribution in [0.3, 0.4) is 0 Å². The molecule has 4 N–H and O–H groups in total. The van der Waals surface area contributed by atoms with Crippen LogP contribution in [0.15, 0.2) is 0 Å². The molecule has 0 radical (unpaired) electrons. The van der Waals surface area contributed by atoms with Gasteiger partial charge >= 0.3 is 6.09 Å². The van der Waals surface area contributed by atoms with Crippen molar-refractivity contribution in [3.8, 4) is 0 Å². The van der Waals surface area contributed by atoms with Crippen molar-refractivity contribution in [2.24, 2.45) is 5.73 Å². The van der Waals surface area contributed by atoms with Gasteiger partial charge in [0.05, 0.1) is 6.54 Å². The molecule has 0 rings (SSSR count). The Morgan fingerprint density at radius 3 is 2.35 bits per heavy atom. The molecule has 6 nitrogen and oxygen atoms in total. The summed E-state index contributed by atoms with van der Waals surface area (Å²) in [6.45, 7) is 6.41. The Balaban J connectivity index is 3.59. The molecule has 0 aliphatic carbocycles. The van der Waals surface area contributed by atoms with Crippen LogP contribution in [0.2, 0.25) is 0 Å². The van der Waals surface area contributed by atoms with E-state index in [2.05, 4.69) is 10.6 Å². The van der Waals surface area contributed by atoms with Gasteiger partial charge < -0.3 is 21.1 Å². The Kier molecular flexibility index (Phi) is 7.29. The highest BCUT2D eigenvalue weighted by atomic mass is 16.6. The molecule has 0 aromatic heterocycles. The third-order valence-corrected chi connectivity index (χ3v) is 1.75. The molecular formula is C11H23N3O3. The lowest BCUT2D eigenvalue weighted by atomic mass is 10.2. The Labute approximate surface area is 102 Å². The van der Waals surface area contributed by atoms with E-state index in [0.717, 1.165) is 12.8 Å². The third kappa shape index (κ3) is 11.0. The number of carbonyl (C=O) groups excluding carboxylic acids is 2. The summed E-state index contributed by atoms with van der Waals surface area (Å²) in [5.41, 5.74) is 4.76. The third-order valence-electron chi connectivity index (χ3n) is 1.75. The fourth-order valence-corrected chi connectivity index (χ4v) is 1.03. The van der Waals surface area contributed by atoms with Crippen LogP contribution >= 0.6 is 0 Å². The molecule has 0 aromatic rings. The highest BCUT2D eigenvalue weighted by Gasteiger charge is 2.16. The average molecular weight is 245 g/mol. The molecule has 0 fully saturated rings. The van der Waals surface area contributed by atoms with E-state index < -0.39 is 11.7 Å². The number of unbranched alkanes of at least 4 members (excludes halogenated alkanes) is 1. The number of nitrogens with one attached hydrogen (secondary N) is 2. The second kappa shape index (κ2) is 7.89. The number of ether oxygens (including phenoxy) is 1. The molecule has 0 bridgehead atoms. The fourth-order valence-electron chi connectivity index (χ4n) is 1.03. The van der Waals surface area contributed by atoms with Gasteiger partial charge in [-0.2, -0.15) is 0 Å². The van der Waals surface area contributed by atoms with Crippen LogP contribution in [-0.4, -0.2) is 37.2 Å². The SMILES string of the molecule is CC(C)(C)OC(=O)NCC(=O)NCCCCN. The largest absolute Gasteiger partial charge is 0.444 e. The van der Waals surface area contributed by atoms with E-state index in [1.165, 1.54) is 0 Å². The van der Waals surface area contributed by atoms with Gasteiger partial charge in [-0.3, -0.25) is 4.79 Å². The van der Waals surface area contributed by atoms with Gasteiger partial charge in [-0.05, 0) is 40.2 Å². The highest BCUT2D eigenvalue weighted by molar-refractivity contribution is 5.82. The first-order valence-corrected chi connectivity index (χ1v) is 5.79. The molecule has 2 amide bonds. The summed E-state index contributed by atoms with van der Waals surface area (Å²) in [6.07, 6.45) is 1.13. The van der Waals surface area contributed by atoms with Crippen molar-refractivity contribution in [1.29, 1.82) is 0 Å². The summed E-state index contributed by atoms with van der Waals surface area (Å²) in [5.74, 6) is -0.229. The van der Waals surface area contributed by atoms with Crippen LogP contribution in [0.5, 0.6) is 0 Å².